The lowest BCUT2D eigenvalue weighted by Crippen LogP contribution is -2.43. The highest BCUT2D eigenvalue weighted by molar-refractivity contribution is 6.30. The second-order valence-electron chi connectivity index (χ2n) is 5.88. The van der Waals surface area contributed by atoms with E-state index < -0.39 is 0 Å². The summed E-state index contributed by atoms with van der Waals surface area (Å²) in [7, 11) is 1.68. The van der Waals surface area contributed by atoms with Gasteiger partial charge in [-0.15, -0.1) is 0 Å². The van der Waals surface area contributed by atoms with E-state index in [4.69, 9.17) is 16.3 Å². The van der Waals surface area contributed by atoms with Crippen molar-refractivity contribution < 1.29 is 4.74 Å². The van der Waals surface area contributed by atoms with Crippen molar-refractivity contribution in [1.29, 1.82) is 0 Å². The summed E-state index contributed by atoms with van der Waals surface area (Å²) in [5.41, 5.74) is 2.35. The number of methoxy groups -OCH3 is 1. The summed E-state index contributed by atoms with van der Waals surface area (Å²) in [5, 5.41) is 7.50. The molecule has 1 heterocycles. The number of hydrogen-bond acceptors (Lipinski definition) is 4. The molecule has 126 valence electrons. The van der Waals surface area contributed by atoms with Gasteiger partial charge in [-0.05, 0) is 35.4 Å². The molecule has 0 amide bonds. The van der Waals surface area contributed by atoms with Gasteiger partial charge in [0.15, 0.2) is 0 Å². The molecule has 2 aromatic carbocycles. The van der Waals surface area contributed by atoms with Gasteiger partial charge in [-0.1, -0.05) is 35.9 Å². The van der Waals surface area contributed by atoms with Crippen molar-refractivity contribution >= 4 is 17.8 Å². The first-order chi connectivity index (χ1) is 11.7. The monoisotopic (exact) mass is 343 g/mol. The average Bonchev–Trinajstić information content (AvgIpc) is 2.63. The summed E-state index contributed by atoms with van der Waals surface area (Å²) < 4.78 is 5.23. The third-order valence-electron chi connectivity index (χ3n) is 4.13. The van der Waals surface area contributed by atoms with Gasteiger partial charge < -0.3 is 4.74 Å². The molecule has 0 atom stereocenters. The summed E-state index contributed by atoms with van der Waals surface area (Å²) in [4.78, 5) is 2.45. The molecule has 1 aliphatic rings. The lowest BCUT2D eigenvalue weighted by atomic mass is 10.2. The van der Waals surface area contributed by atoms with Gasteiger partial charge in [0.1, 0.15) is 5.75 Å². The van der Waals surface area contributed by atoms with Gasteiger partial charge in [0.2, 0.25) is 0 Å². The van der Waals surface area contributed by atoms with E-state index in [1.807, 2.05) is 42.6 Å². The molecule has 1 aliphatic heterocycles. The predicted molar refractivity (Wildman–Crippen MR) is 98.9 cm³/mol. The van der Waals surface area contributed by atoms with E-state index in [-0.39, 0.29) is 0 Å². The topological polar surface area (TPSA) is 28.1 Å². The molecule has 24 heavy (non-hydrogen) atoms. The molecule has 0 radical (unpaired) electrons. The first kappa shape index (κ1) is 16.8. The van der Waals surface area contributed by atoms with Crippen molar-refractivity contribution in [2.24, 2.45) is 5.10 Å². The molecule has 0 N–H and O–H groups in total. The number of halogens is 1. The van der Waals surface area contributed by atoms with Crippen LogP contribution in [0.3, 0.4) is 0 Å². The molecule has 0 bridgehead atoms. The van der Waals surface area contributed by atoms with Crippen LogP contribution in [0.2, 0.25) is 5.02 Å². The van der Waals surface area contributed by atoms with Crippen molar-refractivity contribution in [3.8, 4) is 5.75 Å². The Labute approximate surface area is 148 Å². The van der Waals surface area contributed by atoms with Crippen LogP contribution in [0.5, 0.6) is 5.75 Å². The fourth-order valence-corrected chi connectivity index (χ4v) is 2.86. The molecule has 0 aliphatic carbocycles. The Hall–Kier alpha value is -2.04. The minimum atomic E-state index is 0.787. The number of ether oxygens (including phenoxy) is 1. The third-order valence-corrected chi connectivity index (χ3v) is 4.38. The predicted octanol–water partition coefficient (Wildman–Crippen LogP) is 3.50. The van der Waals surface area contributed by atoms with Crippen LogP contribution in [0.25, 0.3) is 0 Å². The van der Waals surface area contributed by atoms with E-state index in [1.54, 1.807) is 7.11 Å². The Morgan fingerprint density at radius 1 is 1.08 bits per heavy atom. The van der Waals surface area contributed by atoms with Crippen LogP contribution in [0.4, 0.5) is 0 Å². The van der Waals surface area contributed by atoms with E-state index in [2.05, 4.69) is 27.1 Å². The lowest BCUT2D eigenvalue weighted by molar-refractivity contribution is 0.131. The largest absolute Gasteiger partial charge is 0.497 e. The summed E-state index contributed by atoms with van der Waals surface area (Å²) in [6.07, 6.45) is 1.90. The molecule has 0 saturated carbocycles. The molecular formula is C19H22ClN3O. The van der Waals surface area contributed by atoms with Crippen molar-refractivity contribution in [2.45, 2.75) is 6.54 Å². The van der Waals surface area contributed by atoms with E-state index in [0.717, 1.165) is 49.1 Å². The van der Waals surface area contributed by atoms with Crippen LogP contribution >= 0.6 is 11.6 Å². The van der Waals surface area contributed by atoms with Crippen LogP contribution in [-0.2, 0) is 6.54 Å². The molecule has 0 unspecified atom stereocenters. The van der Waals surface area contributed by atoms with E-state index >= 15 is 0 Å². The highest BCUT2D eigenvalue weighted by Gasteiger charge is 2.15. The van der Waals surface area contributed by atoms with Crippen molar-refractivity contribution in [3.63, 3.8) is 0 Å². The number of piperazine rings is 1. The molecule has 1 fully saturated rings. The van der Waals surface area contributed by atoms with Crippen LogP contribution in [0.1, 0.15) is 11.1 Å². The number of hydrazone groups is 1. The van der Waals surface area contributed by atoms with Gasteiger partial charge in [-0.25, -0.2) is 0 Å². The maximum absolute atomic E-state index is 5.93. The summed E-state index contributed by atoms with van der Waals surface area (Å²) in [6.45, 7) is 4.86. The molecule has 3 rings (SSSR count). The van der Waals surface area contributed by atoms with Gasteiger partial charge in [0, 0.05) is 37.7 Å². The van der Waals surface area contributed by atoms with E-state index in [1.165, 1.54) is 5.56 Å². The lowest BCUT2D eigenvalue weighted by Gasteiger charge is -2.33. The number of benzene rings is 2. The molecule has 0 aromatic heterocycles. The molecule has 1 saturated heterocycles. The quantitative estimate of drug-likeness (QED) is 0.778. The van der Waals surface area contributed by atoms with Gasteiger partial charge in [-0.2, -0.15) is 5.10 Å². The first-order valence-corrected chi connectivity index (χ1v) is 8.50. The highest BCUT2D eigenvalue weighted by Crippen LogP contribution is 2.14. The average molecular weight is 344 g/mol. The maximum Gasteiger partial charge on any atom is 0.119 e. The van der Waals surface area contributed by atoms with Crippen LogP contribution in [0.15, 0.2) is 53.6 Å². The standard InChI is InChI=1S/C19H22ClN3O/c1-24-19-4-2-3-17(13-19)14-21-23-11-9-22(10-12-23)15-16-5-7-18(20)8-6-16/h2-8,13-14H,9-12,15H2,1H3/b21-14+. The van der Waals surface area contributed by atoms with Gasteiger partial charge >= 0.3 is 0 Å². The zero-order valence-electron chi connectivity index (χ0n) is 13.9. The second kappa shape index (κ2) is 8.18. The van der Waals surface area contributed by atoms with Crippen LogP contribution < -0.4 is 4.74 Å². The molecule has 2 aromatic rings. The Balaban J connectivity index is 1.49. The van der Waals surface area contributed by atoms with E-state index in [9.17, 15) is 0 Å². The van der Waals surface area contributed by atoms with Crippen molar-refractivity contribution in [1.82, 2.24) is 9.91 Å². The van der Waals surface area contributed by atoms with Crippen LogP contribution in [0, 0.1) is 0 Å². The summed E-state index contributed by atoms with van der Waals surface area (Å²) in [6, 6.07) is 16.0. The number of nitrogens with zero attached hydrogens (tertiary/aromatic N) is 3. The summed E-state index contributed by atoms with van der Waals surface area (Å²) >= 11 is 5.93. The van der Waals surface area contributed by atoms with Gasteiger partial charge in [0.25, 0.3) is 0 Å². The zero-order chi connectivity index (χ0) is 16.8. The van der Waals surface area contributed by atoms with Crippen LogP contribution in [-0.4, -0.2) is 49.4 Å². The van der Waals surface area contributed by atoms with Gasteiger partial charge in [-0.3, -0.25) is 9.91 Å². The number of hydrogen-bond donors (Lipinski definition) is 0. The molecule has 0 spiro atoms. The Kier molecular flexibility index (Phi) is 5.72. The SMILES string of the molecule is COc1cccc(/C=N/N2CCN(Cc3ccc(Cl)cc3)CC2)c1. The minimum absolute atomic E-state index is 0.787. The second-order valence-corrected chi connectivity index (χ2v) is 6.31. The highest BCUT2D eigenvalue weighted by atomic mass is 35.5. The number of rotatable bonds is 5. The van der Waals surface area contributed by atoms with Crippen molar-refractivity contribution in [2.75, 3.05) is 33.3 Å². The molecular weight excluding hydrogens is 322 g/mol. The Morgan fingerprint density at radius 2 is 1.83 bits per heavy atom. The van der Waals surface area contributed by atoms with Gasteiger partial charge in [0.05, 0.1) is 13.3 Å². The third kappa shape index (κ3) is 4.73. The maximum atomic E-state index is 5.93. The normalized spacial score (nSPS) is 15.8. The Bertz CT molecular complexity index is 679. The summed E-state index contributed by atoms with van der Waals surface area (Å²) in [5.74, 6) is 0.853. The smallest absolute Gasteiger partial charge is 0.119 e. The van der Waals surface area contributed by atoms with E-state index in [0.29, 0.717) is 0 Å². The minimum Gasteiger partial charge on any atom is -0.497 e. The zero-order valence-corrected chi connectivity index (χ0v) is 14.6. The van der Waals surface area contributed by atoms with Crippen molar-refractivity contribution in [3.05, 3.63) is 64.7 Å². The molecule has 4 nitrogen and oxygen atoms in total. The molecule has 5 heteroatoms. The fraction of sp³-hybridized carbons (Fsp3) is 0.316. The Morgan fingerprint density at radius 3 is 2.54 bits per heavy atom. The fourth-order valence-electron chi connectivity index (χ4n) is 2.73. The first-order valence-electron chi connectivity index (χ1n) is 8.13.